The zero-order chi connectivity index (χ0) is 21.4. The van der Waals surface area contributed by atoms with Crippen LogP contribution in [-0.4, -0.2) is 59.4 Å². The predicted molar refractivity (Wildman–Crippen MR) is 117 cm³/mol. The van der Waals surface area contributed by atoms with Crippen LogP contribution in [0.25, 0.3) is 0 Å². The Bertz CT molecular complexity index is 899. The fourth-order valence-electron chi connectivity index (χ4n) is 5.78. The summed E-state index contributed by atoms with van der Waals surface area (Å²) in [5.41, 5.74) is 7.65. The highest BCUT2D eigenvalue weighted by Crippen LogP contribution is 2.37. The molecule has 3 atom stereocenters. The highest BCUT2D eigenvalue weighted by atomic mass is 16.5. The van der Waals surface area contributed by atoms with Gasteiger partial charge in [-0.05, 0) is 50.3 Å². The van der Waals surface area contributed by atoms with Crippen molar-refractivity contribution in [1.29, 1.82) is 0 Å². The smallest absolute Gasteiger partial charge is 0.246 e. The molecular weight excluding hydrogens is 394 g/mol. The summed E-state index contributed by atoms with van der Waals surface area (Å²) in [5, 5.41) is 2.79. The molecule has 0 radical (unpaired) electrons. The Balaban J connectivity index is 1.26. The number of fused-ring (bicyclic) bond motifs is 3. The number of aliphatic imine (C=N–C) groups is 1. The number of benzene rings is 1. The standard InChI is InChI=1S/C23H31N5O3/c24-22(30)19(28-11-4-6-15-5-1-2-8-18(15)28)10-12-31-20-9-3-7-17-16(20)13-27-14-21(29)26-23(27)25-17/h3,7,9,15,18-19H,1-2,4-6,8,10-14H2,(H2,24,30)(H,25,26,29). The fraction of sp³-hybridized carbons (Fsp3) is 0.609. The number of guanidine groups is 1. The molecule has 2 saturated heterocycles. The largest absolute Gasteiger partial charge is 0.493 e. The summed E-state index contributed by atoms with van der Waals surface area (Å²) < 4.78 is 6.15. The van der Waals surface area contributed by atoms with Gasteiger partial charge in [0.2, 0.25) is 17.8 Å². The SMILES string of the molecule is NC(=O)C(CCOc1cccc2c1CN1CC(=O)NC1=N2)N1CCCC2CCCCC21. The van der Waals surface area contributed by atoms with Crippen LogP contribution in [0.15, 0.2) is 23.2 Å². The van der Waals surface area contributed by atoms with Gasteiger partial charge in [0.25, 0.3) is 0 Å². The number of piperidine rings is 1. The Hall–Kier alpha value is -2.61. The van der Waals surface area contributed by atoms with Gasteiger partial charge < -0.3 is 15.4 Å². The Morgan fingerprint density at radius 3 is 2.94 bits per heavy atom. The summed E-state index contributed by atoms with van der Waals surface area (Å²) in [5.74, 6) is 1.78. The van der Waals surface area contributed by atoms with Crippen LogP contribution in [0.5, 0.6) is 5.75 Å². The van der Waals surface area contributed by atoms with Gasteiger partial charge >= 0.3 is 0 Å². The summed E-state index contributed by atoms with van der Waals surface area (Å²) in [4.78, 5) is 32.9. The molecule has 8 nitrogen and oxygen atoms in total. The zero-order valence-electron chi connectivity index (χ0n) is 17.9. The van der Waals surface area contributed by atoms with Crippen LogP contribution in [0.2, 0.25) is 0 Å². The van der Waals surface area contributed by atoms with E-state index in [1.807, 2.05) is 23.1 Å². The van der Waals surface area contributed by atoms with Gasteiger partial charge in [0, 0.05) is 18.0 Å². The molecule has 4 aliphatic rings. The molecule has 1 aromatic rings. The first-order chi connectivity index (χ1) is 15.1. The van der Waals surface area contributed by atoms with Crippen molar-refractivity contribution < 1.29 is 14.3 Å². The van der Waals surface area contributed by atoms with E-state index in [0.717, 1.165) is 30.0 Å². The van der Waals surface area contributed by atoms with Crippen molar-refractivity contribution in [2.24, 2.45) is 16.6 Å². The number of likely N-dealkylation sites (tertiary alicyclic amines) is 1. The van der Waals surface area contributed by atoms with E-state index in [-0.39, 0.29) is 17.9 Å². The quantitative estimate of drug-likeness (QED) is 0.725. The van der Waals surface area contributed by atoms with Crippen molar-refractivity contribution in [3.05, 3.63) is 23.8 Å². The van der Waals surface area contributed by atoms with Gasteiger partial charge in [-0.3, -0.25) is 19.8 Å². The number of carbonyl (C=O) groups excluding carboxylic acids is 2. The molecule has 1 aliphatic carbocycles. The highest BCUT2D eigenvalue weighted by Gasteiger charge is 2.38. The van der Waals surface area contributed by atoms with Gasteiger partial charge in [-0.2, -0.15) is 0 Å². The summed E-state index contributed by atoms with van der Waals surface area (Å²) in [6, 6.07) is 5.98. The number of carbonyl (C=O) groups is 2. The molecule has 1 aromatic carbocycles. The van der Waals surface area contributed by atoms with E-state index < -0.39 is 0 Å². The molecule has 3 aliphatic heterocycles. The van der Waals surface area contributed by atoms with E-state index in [4.69, 9.17) is 10.5 Å². The number of nitrogens with zero attached hydrogens (tertiary/aromatic N) is 3. The van der Waals surface area contributed by atoms with Crippen LogP contribution in [0.1, 0.15) is 50.5 Å². The number of ether oxygens (including phenoxy) is 1. The lowest BCUT2D eigenvalue weighted by Crippen LogP contribution is -2.56. The van der Waals surface area contributed by atoms with Crippen molar-refractivity contribution in [1.82, 2.24) is 15.1 Å². The topological polar surface area (TPSA) is 100 Å². The highest BCUT2D eigenvalue weighted by molar-refractivity contribution is 6.05. The molecule has 5 rings (SSSR count). The number of hydrogen-bond acceptors (Lipinski definition) is 6. The van der Waals surface area contributed by atoms with E-state index in [0.29, 0.717) is 44.0 Å². The van der Waals surface area contributed by atoms with Crippen LogP contribution < -0.4 is 15.8 Å². The summed E-state index contributed by atoms with van der Waals surface area (Å²) in [6.07, 6.45) is 7.99. The summed E-state index contributed by atoms with van der Waals surface area (Å²) >= 11 is 0. The molecule has 0 bridgehead atoms. The summed E-state index contributed by atoms with van der Waals surface area (Å²) in [7, 11) is 0. The molecule has 3 unspecified atom stereocenters. The molecule has 1 saturated carbocycles. The number of nitrogens with two attached hydrogens (primary N) is 1. The minimum absolute atomic E-state index is 0.0409. The van der Waals surface area contributed by atoms with E-state index in [2.05, 4.69) is 15.2 Å². The van der Waals surface area contributed by atoms with Gasteiger partial charge in [-0.25, -0.2) is 4.99 Å². The van der Waals surface area contributed by atoms with Crippen molar-refractivity contribution in [3.8, 4) is 5.75 Å². The third-order valence-electron chi connectivity index (χ3n) is 7.23. The fourth-order valence-corrected chi connectivity index (χ4v) is 5.78. The average Bonchev–Trinajstić information content (AvgIpc) is 3.13. The van der Waals surface area contributed by atoms with Crippen LogP contribution in [0, 0.1) is 5.92 Å². The van der Waals surface area contributed by atoms with E-state index in [1.54, 1.807) is 0 Å². The van der Waals surface area contributed by atoms with Crippen molar-refractivity contribution >= 4 is 23.5 Å². The number of hydrogen-bond donors (Lipinski definition) is 2. The first-order valence-electron chi connectivity index (χ1n) is 11.5. The second-order valence-corrected chi connectivity index (χ2v) is 9.14. The maximum atomic E-state index is 12.4. The third-order valence-corrected chi connectivity index (χ3v) is 7.23. The van der Waals surface area contributed by atoms with Crippen LogP contribution in [0.3, 0.4) is 0 Å². The zero-order valence-corrected chi connectivity index (χ0v) is 17.9. The second kappa shape index (κ2) is 8.49. The maximum absolute atomic E-state index is 12.4. The molecule has 3 fully saturated rings. The molecule has 0 aromatic heterocycles. The lowest BCUT2D eigenvalue weighted by molar-refractivity contribution is -0.126. The lowest BCUT2D eigenvalue weighted by Gasteiger charge is -2.46. The number of amides is 2. The number of primary amides is 1. The lowest BCUT2D eigenvalue weighted by atomic mass is 9.77. The summed E-state index contributed by atoms with van der Waals surface area (Å²) in [6.45, 7) is 2.26. The second-order valence-electron chi connectivity index (χ2n) is 9.14. The monoisotopic (exact) mass is 425 g/mol. The number of rotatable bonds is 6. The molecule has 2 amide bonds. The van der Waals surface area contributed by atoms with Gasteiger partial charge in [-0.15, -0.1) is 0 Å². The number of nitrogens with one attached hydrogen (secondary N) is 1. The molecule has 8 heteroatoms. The van der Waals surface area contributed by atoms with Crippen molar-refractivity contribution in [2.45, 2.75) is 63.6 Å². The molecule has 166 valence electrons. The minimum atomic E-state index is -0.282. The van der Waals surface area contributed by atoms with Crippen LogP contribution in [-0.2, 0) is 16.1 Å². The molecule has 3 N–H and O–H groups in total. The Labute approximate surface area is 182 Å². The Morgan fingerprint density at radius 2 is 2.06 bits per heavy atom. The van der Waals surface area contributed by atoms with Crippen molar-refractivity contribution in [3.63, 3.8) is 0 Å². The predicted octanol–water partition coefficient (Wildman–Crippen LogP) is 1.90. The molecular formula is C23H31N5O3. The Kier molecular flexibility index (Phi) is 5.56. The van der Waals surface area contributed by atoms with Gasteiger partial charge in [0.05, 0.1) is 24.9 Å². The van der Waals surface area contributed by atoms with Gasteiger partial charge in [0.1, 0.15) is 12.3 Å². The van der Waals surface area contributed by atoms with Gasteiger partial charge in [-0.1, -0.05) is 18.9 Å². The average molecular weight is 426 g/mol. The van der Waals surface area contributed by atoms with Crippen LogP contribution in [0.4, 0.5) is 5.69 Å². The third kappa shape index (κ3) is 4.01. The molecule has 3 heterocycles. The van der Waals surface area contributed by atoms with E-state index in [1.165, 1.54) is 32.1 Å². The minimum Gasteiger partial charge on any atom is -0.493 e. The molecule has 0 spiro atoms. The normalized spacial score (nSPS) is 26.3. The molecule has 31 heavy (non-hydrogen) atoms. The van der Waals surface area contributed by atoms with Crippen LogP contribution >= 0.6 is 0 Å². The van der Waals surface area contributed by atoms with Crippen molar-refractivity contribution in [2.75, 3.05) is 19.7 Å². The Morgan fingerprint density at radius 1 is 1.23 bits per heavy atom. The van der Waals surface area contributed by atoms with E-state index in [9.17, 15) is 9.59 Å². The maximum Gasteiger partial charge on any atom is 0.246 e. The first-order valence-corrected chi connectivity index (χ1v) is 11.5. The van der Waals surface area contributed by atoms with Gasteiger partial charge in [0.15, 0.2) is 0 Å². The van der Waals surface area contributed by atoms with E-state index >= 15 is 0 Å². The first kappa shape index (κ1) is 20.3.